The number of ether oxygens (including phenoxy) is 2. The molecule has 206 valence electrons. The van der Waals surface area contributed by atoms with Crippen molar-refractivity contribution >= 4 is 11.9 Å². The molecule has 0 bridgehead atoms. The van der Waals surface area contributed by atoms with Gasteiger partial charge in [-0.05, 0) is 69.0 Å². The Hall–Kier alpha value is -3.16. The zero-order chi connectivity index (χ0) is 27.5. The number of amides is 1. The van der Waals surface area contributed by atoms with Crippen LogP contribution in [-0.2, 0) is 9.53 Å². The summed E-state index contributed by atoms with van der Waals surface area (Å²) in [7, 11) is 1.69. The molecule has 0 spiro atoms. The van der Waals surface area contributed by atoms with E-state index < -0.39 is 0 Å². The minimum atomic E-state index is -0.189. The Morgan fingerprint density at radius 1 is 1.08 bits per heavy atom. The lowest BCUT2D eigenvalue weighted by molar-refractivity contribution is -0.143. The number of hydrogen-bond donors (Lipinski definition) is 1. The maximum Gasteiger partial charge on any atom is 0.305 e. The molecule has 0 aromatic heterocycles. The van der Waals surface area contributed by atoms with Crippen LogP contribution in [0.1, 0.15) is 67.6 Å². The van der Waals surface area contributed by atoms with Crippen molar-refractivity contribution in [2.45, 2.75) is 58.2 Å². The van der Waals surface area contributed by atoms with Crippen molar-refractivity contribution in [3.63, 3.8) is 0 Å². The molecule has 2 aromatic carbocycles. The Kier molecular flexibility index (Phi) is 11.4. The number of benzene rings is 2. The van der Waals surface area contributed by atoms with E-state index in [0.29, 0.717) is 43.6 Å². The van der Waals surface area contributed by atoms with E-state index in [1.54, 1.807) is 14.0 Å². The lowest BCUT2D eigenvalue weighted by atomic mass is 9.92. The molecule has 0 radical (unpaired) electrons. The minimum Gasteiger partial charge on any atom is -0.497 e. The van der Waals surface area contributed by atoms with Crippen LogP contribution < -0.4 is 10.1 Å². The Balaban J connectivity index is 1.74. The smallest absolute Gasteiger partial charge is 0.305 e. The predicted octanol–water partition coefficient (Wildman–Crippen LogP) is 4.83. The van der Waals surface area contributed by atoms with Crippen LogP contribution in [0.3, 0.4) is 0 Å². The fourth-order valence-electron chi connectivity index (χ4n) is 5.14. The lowest BCUT2D eigenvalue weighted by Gasteiger charge is -2.47. The van der Waals surface area contributed by atoms with Gasteiger partial charge in [-0.2, -0.15) is 0 Å². The highest BCUT2D eigenvalue weighted by atomic mass is 16.5. The predicted molar refractivity (Wildman–Crippen MR) is 151 cm³/mol. The van der Waals surface area contributed by atoms with Crippen LogP contribution in [0.5, 0.6) is 5.75 Å². The monoisotopic (exact) mass is 521 g/mol. The van der Waals surface area contributed by atoms with Gasteiger partial charge in [0.1, 0.15) is 5.75 Å². The van der Waals surface area contributed by atoms with Crippen LogP contribution in [0.2, 0.25) is 0 Å². The fourth-order valence-corrected chi connectivity index (χ4v) is 5.14. The van der Waals surface area contributed by atoms with Gasteiger partial charge in [-0.1, -0.05) is 30.3 Å². The van der Waals surface area contributed by atoms with E-state index in [1.807, 2.05) is 30.3 Å². The van der Waals surface area contributed by atoms with E-state index in [1.165, 1.54) is 5.56 Å². The highest BCUT2D eigenvalue weighted by molar-refractivity contribution is 5.94. The molecule has 3 atom stereocenters. The summed E-state index contributed by atoms with van der Waals surface area (Å²) in [5.74, 6) is 0.536. The Labute approximate surface area is 227 Å². The summed E-state index contributed by atoms with van der Waals surface area (Å²) in [4.78, 5) is 29.2. The second kappa shape index (κ2) is 14.7. The highest BCUT2D eigenvalue weighted by Crippen LogP contribution is 2.34. The van der Waals surface area contributed by atoms with Crippen molar-refractivity contribution in [2.75, 3.05) is 39.9 Å². The SMILES string of the molecule is C=CCN1C[C@H](C)N([C@H](c2ccc(C(=O)NCCCCC(=O)OCC)cc2)c2cccc(OC)c2)C[C@H]1C. The number of methoxy groups -OCH3 is 1. The topological polar surface area (TPSA) is 71.1 Å². The normalized spacial score (nSPS) is 18.9. The van der Waals surface area contributed by atoms with E-state index in [0.717, 1.165) is 37.4 Å². The van der Waals surface area contributed by atoms with Crippen LogP contribution in [0, 0.1) is 0 Å². The molecule has 2 aromatic rings. The van der Waals surface area contributed by atoms with Crippen molar-refractivity contribution in [2.24, 2.45) is 0 Å². The first-order chi connectivity index (χ1) is 18.4. The number of carbonyl (C=O) groups excluding carboxylic acids is 2. The molecular formula is C31H43N3O4. The van der Waals surface area contributed by atoms with Gasteiger partial charge in [-0.25, -0.2) is 0 Å². The molecule has 0 aliphatic carbocycles. The summed E-state index contributed by atoms with van der Waals surface area (Å²) in [5.41, 5.74) is 2.93. The summed E-state index contributed by atoms with van der Waals surface area (Å²) in [5, 5.41) is 2.96. The third-order valence-electron chi connectivity index (χ3n) is 7.16. The average molecular weight is 522 g/mol. The summed E-state index contributed by atoms with van der Waals surface area (Å²) >= 11 is 0. The van der Waals surface area contributed by atoms with E-state index >= 15 is 0 Å². The number of rotatable bonds is 13. The summed E-state index contributed by atoms with van der Waals surface area (Å²) in [6.07, 6.45) is 3.77. The molecule has 1 N–H and O–H groups in total. The van der Waals surface area contributed by atoms with Gasteiger partial charge in [0, 0.05) is 50.2 Å². The first-order valence-electron chi connectivity index (χ1n) is 13.7. The van der Waals surface area contributed by atoms with Gasteiger partial charge in [-0.15, -0.1) is 6.58 Å². The highest BCUT2D eigenvalue weighted by Gasteiger charge is 2.34. The Morgan fingerprint density at radius 2 is 1.84 bits per heavy atom. The van der Waals surface area contributed by atoms with E-state index in [4.69, 9.17) is 9.47 Å². The molecule has 38 heavy (non-hydrogen) atoms. The number of esters is 1. The standard InChI is InChI=1S/C31H43N3O4/c1-6-19-33-21-24(4)34(22-23(33)3)30(27-11-10-12-28(20-27)37-5)25-14-16-26(17-15-25)31(36)32-18-9-8-13-29(35)38-7-2/h6,10-12,14-17,20,23-24,30H,1,7-9,13,18-19,21-22H2,2-5H3,(H,32,36)/t23-,24+,30-/m1/s1. The third-order valence-corrected chi connectivity index (χ3v) is 7.16. The van der Waals surface area contributed by atoms with Crippen LogP contribution in [-0.4, -0.2) is 73.7 Å². The largest absolute Gasteiger partial charge is 0.497 e. The fraction of sp³-hybridized carbons (Fsp3) is 0.484. The molecule has 1 aliphatic rings. The number of nitrogens with one attached hydrogen (secondary N) is 1. The van der Waals surface area contributed by atoms with Gasteiger partial charge in [0.2, 0.25) is 0 Å². The Bertz CT molecular complexity index is 1060. The number of piperazine rings is 1. The molecule has 7 nitrogen and oxygen atoms in total. The third kappa shape index (κ3) is 7.92. The molecule has 1 fully saturated rings. The van der Waals surface area contributed by atoms with Gasteiger partial charge in [0.25, 0.3) is 5.91 Å². The quantitative estimate of drug-likeness (QED) is 0.231. The van der Waals surface area contributed by atoms with Crippen molar-refractivity contribution in [1.82, 2.24) is 15.1 Å². The van der Waals surface area contributed by atoms with Crippen LogP contribution in [0.25, 0.3) is 0 Å². The first kappa shape index (κ1) is 29.4. The van der Waals surface area contributed by atoms with Crippen molar-refractivity contribution in [3.8, 4) is 5.75 Å². The molecule has 1 saturated heterocycles. The van der Waals surface area contributed by atoms with Crippen molar-refractivity contribution < 1.29 is 19.1 Å². The minimum absolute atomic E-state index is 0.0356. The molecule has 1 heterocycles. The molecule has 1 aliphatic heterocycles. The average Bonchev–Trinajstić information content (AvgIpc) is 2.92. The first-order valence-corrected chi connectivity index (χ1v) is 13.7. The van der Waals surface area contributed by atoms with Gasteiger partial charge >= 0.3 is 5.97 Å². The zero-order valence-electron chi connectivity index (χ0n) is 23.3. The summed E-state index contributed by atoms with van der Waals surface area (Å²) < 4.78 is 10.5. The maximum atomic E-state index is 12.7. The maximum absolute atomic E-state index is 12.7. The molecular weight excluding hydrogens is 478 g/mol. The zero-order valence-corrected chi connectivity index (χ0v) is 23.3. The van der Waals surface area contributed by atoms with Crippen molar-refractivity contribution in [1.29, 1.82) is 0 Å². The van der Waals surface area contributed by atoms with E-state index in [9.17, 15) is 9.59 Å². The molecule has 3 rings (SSSR count). The van der Waals surface area contributed by atoms with E-state index in [-0.39, 0.29) is 17.9 Å². The second-order valence-corrected chi connectivity index (χ2v) is 9.96. The number of unbranched alkanes of at least 4 members (excludes halogenated alkanes) is 1. The summed E-state index contributed by atoms with van der Waals surface area (Å²) in [6, 6.07) is 17.0. The molecule has 0 saturated carbocycles. The lowest BCUT2D eigenvalue weighted by Crippen LogP contribution is -2.57. The number of carbonyl (C=O) groups is 2. The Morgan fingerprint density at radius 3 is 2.53 bits per heavy atom. The van der Waals surface area contributed by atoms with Gasteiger partial charge in [0.15, 0.2) is 0 Å². The molecule has 7 heteroatoms. The van der Waals surface area contributed by atoms with Gasteiger partial charge in [0.05, 0.1) is 19.8 Å². The van der Waals surface area contributed by atoms with Crippen LogP contribution in [0.15, 0.2) is 61.2 Å². The van der Waals surface area contributed by atoms with Gasteiger partial charge in [-0.3, -0.25) is 19.4 Å². The second-order valence-electron chi connectivity index (χ2n) is 9.96. The number of nitrogens with zero attached hydrogens (tertiary/aromatic N) is 2. The van der Waals surface area contributed by atoms with Crippen LogP contribution in [0.4, 0.5) is 0 Å². The van der Waals surface area contributed by atoms with E-state index in [2.05, 4.69) is 59.8 Å². The number of hydrogen-bond acceptors (Lipinski definition) is 6. The van der Waals surface area contributed by atoms with Crippen LogP contribution >= 0.6 is 0 Å². The molecule has 1 amide bonds. The van der Waals surface area contributed by atoms with Gasteiger partial charge < -0.3 is 14.8 Å². The summed E-state index contributed by atoms with van der Waals surface area (Å²) in [6.45, 7) is 14.0. The molecule has 0 unspecified atom stereocenters. The van der Waals surface area contributed by atoms with Crippen molar-refractivity contribution in [3.05, 3.63) is 77.9 Å².